The van der Waals surface area contributed by atoms with Gasteiger partial charge in [0.25, 0.3) is 0 Å². The molecule has 1 amide bonds. The number of hydrogen-bond acceptors (Lipinski definition) is 8. The highest BCUT2D eigenvalue weighted by Gasteiger charge is 2.32. The van der Waals surface area contributed by atoms with Crippen molar-refractivity contribution in [2.75, 3.05) is 33.0 Å². The van der Waals surface area contributed by atoms with Crippen LogP contribution in [-0.2, 0) is 16.4 Å². The lowest BCUT2D eigenvalue weighted by molar-refractivity contribution is 0.0980. The molecule has 0 aliphatic carbocycles. The average Bonchev–Trinajstić information content (AvgIpc) is 3.30. The summed E-state index contributed by atoms with van der Waals surface area (Å²) in [5.74, 6) is 1.35. The Balaban J connectivity index is 1.79. The molecule has 0 radical (unpaired) electrons. The van der Waals surface area contributed by atoms with E-state index in [1.807, 2.05) is 13.8 Å². The molecule has 1 heterocycles. The Morgan fingerprint density at radius 1 is 1.14 bits per heavy atom. The molecule has 0 unspecified atom stereocenters. The molecular formula is C24H33N3O8S. The molecule has 5 N–H and O–H groups in total. The fourth-order valence-electron chi connectivity index (χ4n) is 3.79. The maximum absolute atomic E-state index is 13.5. The van der Waals surface area contributed by atoms with Gasteiger partial charge in [0.15, 0.2) is 11.5 Å². The molecule has 0 fully saturated rings. The summed E-state index contributed by atoms with van der Waals surface area (Å²) in [5, 5.41) is 22.7. The van der Waals surface area contributed by atoms with Gasteiger partial charge in [0, 0.05) is 25.7 Å². The van der Waals surface area contributed by atoms with Crippen LogP contribution in [0.5, 0.6) is 17.2 Å². The SMILES string of the molecule is CC(C)CN(C[C@H](O)[C@H](Cc1ccc(OCCN)cc1)NC(=O)O)S(=O)(=O)c1ccc2c(c1)OCO2. The number of nitrogens with zero attached hydrogens (tertiary/aromatic N) is 1. The quantitative estimate of drug-likeness (QED) is 0.306. The van der Waals surface area contributed by atoms with Gasteiger partial charge in [0.2, 0.25) is 16.8 Å². The van der Waals surface area contributed by atoms with Gasteiger partial charge in [-0.1, -0.05) is 26.0 Å². The lowest BCUT2D eigenvalue weighted by Crippen LogP contribution is -2.50. The topological polar surface area (TPSA) is 161 Å². The standard InChI is InChI=1S/C24H33N3O8S/c1-16(2)13-27(36(31,32)19-7-8-22-23(12-19)35-15-34-22)14-21(28)20(26-24(29)30)11-17-3-5-18(6-4-17)33-10-9-25/h3-8,12,16,20-21,26,28H,9-11,13-15,25H2,1-2H3,(H,29,30)/t20-,21-/m0/s1. The number of amides is 1. The summed E-state index contributed by atoms with van der Waals surface area (Å²) in [5.41, 5.74) is 6.18. The van der Waals surface area contributed by atoms with Gasteiger partial charge < -0.3 is 35.5 Å². The zero-order chi connectivity index (χ0) is 26.3. The molecule has 1 aliphatic rings. The van der Waals surface area contributed by atoms with Crippen molar-refractivity contribution in [1.29, 1.82) is 0 Å². The van der Waals surface area contributed by atoms with E-state index in [1.54, 1.807) is 24.3 Å². The summed E-state index contributed by atoms with van der Waals surface area (Å²) in [6.45, 7) is 4.28. The summed E-state index contributed by atoms with van der Waals surface area (Å²) < 4.78 is 44.2. The predicted molar refractivity (Wildman–Crippen MR) is 132 cm³/mol. The number of carbonyl (C=O) groups is 1. The van der Waals surface area contributed by atoms with E-state index in [1.165, 1.54) is 22.5 Å². The Bertz CT molecular complexity index is 1120. The van der Waals surface area contributed by atoms with Crippen molar-refractivity contribution < 1.29 is 37.6 Å². The highest BCUT2D eigenvalue weighted by atomic mass is 32.2. The van der Waals surface area contributed by atoms with Gasteiger partial charge >= 0.3 is 6.09 Å². The van der Waals surface area contributed by atoms with E-state index in [2.05, 4.69) is 5.32 Å². The highest BCUT2D eigenvalue weighted by Crippen LogP contribution is 2.34. The third-order valence-electron chi connectivity index (χ3n) is 5.48. The minimum Gasteiger partial charge on any atom is -0.492 e. The van der Waals surface area contributed by atoms with E-state index >= 15 is 0 Å². The molecule has 198 valence electrons. The van der Waals surface area contributed by atoms with Crippen molar-refractivity contribution >= 4 is 16.1 Å². The number of aliphatic hydroxyl groups excluding tert-OH is 1. The number of nitrogens with one attached hydrogen (secondary N) is 1. The van der Waals surface area contributed by atoms with E-state index in [-0.39, 0.29) is 37.1 Å². The molecule has 1 aliphatic heterocycles. The van der Waals surface area contributed by atoms with Crippen LogP contribution in [0.2, 0.25) is 0 Å². The van der Waals surface area contributed by atoms with Crippen LogP contribution in [0.25, 0.3) is 0 Å². The average molecular weight is 524 g/mol. The molecule has 11 nitrogen and oxygen atoms in total. The number of hydrogen-bond donors (Lipinski definition) is 4. The fraction of sp³-hybridized carbons (Fsp3) is 0.458. The van der Waals surface area contributed by atoms with Crippen molar-refractivity contribution in [3.05, 3.63) is 48.0 Å². The van der Waals surface area contributed by atoms with Gasteiger partial charge in [-0.3, -0.25) is 0 Å². The molecule has 2 aromatic rings. The Morgan fingerprint density at radius 2 is 1.83 bits per heavy atom. The van der Waals surface area contributed by atoms with Crippen LogP contribution < -0.4 is 25.3 Å². The Hall–Kier alpha value is -3.06. The van der Waals surface area contributed by atoms with Crippen molar-refractivity contribution in [1.82, 2.24) is 9.62 Å². The molecular weight excluding hydrogens is 490 g/mol. The van der Waals surface area contributed by atoms with E-state index in [9.17, 15) is 23.4 Å². The first kappa shape index (κ1) is 27.5. The molecule has 36 heavy (non-hydrogen) atoms. The summed E-state index contributed by atoms with van der Waals surface area (Å²) in [7, 11) is -4.03. The lowest BCUT2D eigenvalue weighted by atomic mass is 10.0. The lowest BCUT2D eigenvalue weighted by Gasteiger charge is -2.30. The highest BCUT2D eigenvalue weighted by molar-refractivity contribution is 7.89. The molecule has 0 saturated carbocycles. The second-order valence-electron chi connectivity index (χ2n) is 8.84. The third-order valence-corrected chi connectivity index (χ3v) is 7.31. The van der Waals surface area contributed by atoms with Crippen LogP contribution in [0.3, 0.4) is 0 Å². The molecule has 0 bridgehead atoms. The second-order valence-corrected chi connectivity index (χ2v) is 10.8. The number of carboxylic acid groups (broad SMARTS) is 1. The maximum Gasteiger partial charge on any atom is 0.404 e. The molecule has 0 aromatic heterocycles. The van der Waals surface area contributed by atoms with Crippen molar-refractivity contribution in [2.24, 2.45) is 11.7 Å². The minimum absolute atomic E-state index is 0.00425. The summed E-state index contributed by atoms with van der Waals surface area (Å²) in [4.78, 5) is 11.5. The van der Waals surface area contributed by atoms with Gasteiger partial charge in [0.1, 0.15) is 12.4 Å². The monoisotopic (exact) mass is 523 g/mol. The van der Waals surface area contributed by atoms with Gasteiger partial charge in [-0.2, -0.15) is 4.31 Å². The van der Waals surface area contributed by atoms with Crippen LogP contribution in [-0.4, -0.2) is 74.2 Å². The van der Waals surface area contributed by atoms with E-state index < -0.39 is 28.3 Å². The van der Waals surface area contributed by atoms with E-state index in [4.69, 9.17) is 19.9 Å². The number of rotatable bonds is 13. The first-order chi connectivity index (χ1) is 17.1. The Labute approximate surface area is 210 Å². The summed E-state index contributed by atoms with van der Waals surface area (Å²) in [6, 6.07) is 10.3. The van der Waals surface area contributed by atoms with Gasteiger partial charge in [-0.05, 0) is 42.2 Å². The Kier molecular flexibility index (Phi) is 9.37. The predicted octanol–water partition coefficient (Wildman–Crippen LogP) is 1.64. The number of sulfonamides is 1. The van der Waals surface area contributed by atoms with Crippen LogP contribution in [0.1, 0.15) is 19.4 Å². The molecule has 2 atom stereocenters. The van der Waals surface area contributed by atoms with Crippen LogP contribution >= 0.6 is 0 Å². The number of nitrogens with two attached hydrogens (primary N) is 1. The van der Waals surface area contributed by atoms with Crippen LogP contribution in [0.15, 0.2) is 47.4 Å². The third kappa shape index (κ3) is 7.23. The van der Waals surface area contributed by atoms with Crippen LogP contribution in [0.4, 0.5) is 4.79 Å². The Morgan fingerprint density at radius 3 is 2.47 bits per heavy atom. The maximum atomic E-state index is 13.5. The summed E-state index contributed by atoms with van der Waals surface area (Å²) >= 11 is 0. The number of aliphatic hydroxyl groups is 1. The zero-order valence-corrected chi connectivity index (χ0v) is 21.1. The molecule has 2 aromatic carbocycles. The van der Waals surface area contributed by atoms with Crippen molar-refractivity contribution in [2.45, 2.75) is 37.3 Å². The van der Waals surface area contributed by atoms with Gasteiger partial charge in [0.05, 0.1) is 17.0 Å². The minimum atomic E-state index is -4.03. The first-order valence-electron chi connectivity index (χ1n) is 11.6. The molecule has 0 spiro atoms. The smallest absolute Gasteiger partial charge is 0.404 e. The van der Waals surface area contributed by atoms with Crippen molar-refractivity contribution in [3.8, 4) is 17.2 Å². The second kappa shape index (κ2) is 12.3. The van der Waals surface area contributed by atoms with Gasteiger partial charge in [-0.15, -0.1) is 0 Å². The van der Waals surface area contributed by atoms with Crippen molar-refractivity contribution in [3.63, 3.8) is 0 Å². The zero-order valence-electron chi connectivity index (χ0n) is 20.3. The number of fused-ring (bicyclic) bond motifs is 1. The van der Waals surface area contributed by atoms with Crippen LogP contribution in [0, 0.1) is 5.92 Å². The number of ether oxygens (including phenoxy) is 3. The molecule has 12 heteroatoms. The number of benzene rings is 2. The largest absolute Gasteiger partial charge is 0.492 e. The molecule has 0 saturated heterocycles. The fourth-order valence-corrected chi connectivity index (χ4v) is 5.43. The van der Waals surface area contributed by atoms with E-state index in [0.717, 1.165) is 5.56 Å². The van der Waals surface area contributed by atoms with Gasteiger partial charge in [-0.25, -0.2) is 13.2 Å². The van der Waals surface area contributed by atoms with E-state index in [0.29, 0.717) is 30.4 Å². The normalized spacial score (nSPS) is 14.6. The summed E-state index contributed by atoms with van der Waals surface area (Å²) in [6.07, 6.45) is -2.50. The molecule has 3 rings (SSSR count). The first-order valence-corrected chi connectivity index (χ1v) is 13.0.